The number of carbonyl (C=O) groups is 1. The van der Waals surface area contributed by atoms with Crippen LogP contribution in [-0.2, 0) is 11.2 Å². The minimum absolute atomic E-state index is 0.511. The molecule has 0 fully saturated rings. The lowest BCUT2D eigenvalue weighted by Crippen LogP contribution is -1.83. The zero-order chi connectivity index (χ0) is 7.56. The highest BCUT2D eigenvalue weighted by atomic mass is 32.1. The summed E-state index contributed by atoms with van der Waals surface area (Å²) in [7, 11) is 0. The molecule has 1 aromatic rings. The molecule has 54 valence electrons. The molecular weight excluding hydrogens is 146 g/mol. The highest BCUT2D eigenvalue weighted by Gasteiger charge is 2.01. The summed E-state index contributed by atoms with van der Waals surface area (Å²) in [6.45, 7) is 3.88. The Morgan fingerprint density at radius 3 is 2.70 bits per heavy atom. The normalized spacial score (nSPS) is 9.80. The van der Waals surface area contributed by atoms with Gasteiger partial charge in [0.1, 0.15) is 6.29 Å². The van der Waals surface area contributed by atoms with E-state index in [1.165, 1.54) is 0 Å². The molecule has 0 aliphatic rings. The molecule has 0 saturated heterocycles. The molecule has 0 aliphatic carbocycles. The molecule has 0 unspecified atom stereocenters. The largest absolute Gasteiger partial charge is 0.303 e. The van der Waals surface area contributed by atoms with Gasteiger partial charge in [0.25, 0.3) is 0 Å². The van der Waals surface area contributed by atoms with Crippen molar-refractivity contribution in [1.82, 2.24) is 4.98 Å². The van der Waals surface area contributed by atoms with Crippen LogP contribution in [0.4, 0.5) is 0 Å². The Hall–Kier alpha value is -0.700. The Morgan fingerprint density at radius 1 is 1.60 bits per heavy atom. The molecule has 0 aromatic carbocycles. The van der Waals surface area contributed by atoms with Crippen LogP contribution in [0.5, 0.6) is 0 Å². The van der Waals surface area contributed by atoms with Crippen LogP contribution in [-0.4, -0.2) is 11.3 Å². The fourth-order valence-electron chi connectivity index (χ4n) is 0.839. The molecule has 10 heavy (non-hydrogen) atoms. The maximum Gasteiger partial charge on any atom is 0.125 e. The van der Waals surface area contributed by atoms with Crippen molar-refractivity contribution in [3.8, 4) is 0 Å². The van der Waals surface area contributed by atoms with Gasteiger partial charge in [-0.3, -0.25) is 0 Å². The molecule has 0 spiro atoms. The van der Waals surface area contributed by atoms with E-state index >= 15 is 0 Å². The summed E-state index contributed by atoms with van der Waals surface area (Å²) in [4.78, 5) is 15.4. The van der Waals surface area contributed by atoms with Crippen LogP contribution in [0.3, 0.4) is 0 Å². The molecule has 0 amide bonds. The van der Waals surface area contributed by atoms with Crippen molar-refractivity contribution in [2.24, 2.45) is 0 Å². The topological polar surface area (TPSA) is 30.0 Å². The number of aryl methyl sites for hydroxylation is 2. The minimum atomic E-state index is 0.511. The third kappa shape index (κ3) is 1.42. The van der Waals surface area contributed by atoms with Crippen molar-refractivity contribution < 1.29 is 4.79 Å². The second-order valence-electron chi connectivity index (χ2n) is 2.11. The number of thiazole rings is 1. The molecule has 0 radical (unpaired) electrons. The standard InChI is InChI=1S/C7H9NOS/c1-5-7(3-4-9)10-6(2)8-5/h4H,3H2,1-2H3. The van der Waals surface area contributed by atoms with Gasteiger partial charge in [-0.05, 0) is 13.8 Å². The molecule has 0 atom stereocenters. The maximum absolute atomic E-state index is 10.1. The third-order valence-corrected chi connectivity index (χ3v) is 2.36. The van der Waals surface area contributed by atoms with Gasteiger partial charge in [0.2, 0.25) is 0 Å². The Morgan fingerprint density at radius 2 is 2.30 bits per heavy atom. The molecule has 1 heterocycles. The molecule has 0 aliphatic heterocycles. The quantitative estimate of drug-likeness (QED) is 0.606. The highest BCUT2D eigenvalue weighted by molar-refractivity contribution is 7.11. The lowest BCUT2D eigenvalue weighted by atomic mass is 10.3. The summed E-state index contributed by atoms with van der Waals surface area (Å²) < 4.78 is 0. The van der Waals surface area contributed by atoms with E-state index in [0.717, 1.165) is 21.9 Å². The first-order valence-corrected chi connectivity index (χ1v) is 3.92. The smallest absolute Gasteiger partial charge is 0.125 e. The van der Waals surface area contributed by atoms with E-state index in [1.54, 1.807) is 11.3 Å². The van der Waals surface area contributed by atoms with Crippen molar-refractivity contribution in [1.29, 1.82) is 0 Å². The predicted molar refractivity (Wildman–Crippen MR) is 41.4 cm³/mol. The van der Waals surface area contributed by atoms with Gasteiger partial charge in [-0.15, -0.1) is 11.3 Å². The van der Waals surface area contributed by atoms with Gasteiger partial charge in [-0.25, -0.2) is 4.98 Å². The van der Waals surface area contributed by atoms with Crippen LogP contribution in [0, 0.1) is 13.8 Å². The van der Waals surface area contributed by atoms with Gasteiger partial charge in [0.15, 0.2) is 0 Å². The average Bonchev–Trinajstić information content (AvgIpc) is 2.13. The molecule has 0 N–H and O–H groups in total. The minimum Gasteiger partial charge on any atom is -0.303 e. The molecule has 1 rings (SSSR count). The lowest BCUT2D eigenvalue weighted by molar-refractivity contribution is -0.107. The van der Waals surface area contributed by atoms with Crippen LogP contribution in [0.15, 0.2) is 0 Å². The highest BCUT2D eigenvalue weighted by Crippen LogP contribution is 2.16. The Kier molecular flexibility index (Phi) is 2.17. The van der Waals surface area contributed by atoms with Crippen molar-refractivity contribution >= 4 is 17.6 Å². The van der Waals surface area contributed by atoms with Crippen LogP contribution in [0.1, 0.15) is 15.6 Å². The van der Waals surface area contributed by atoms with Crippen molar-refractivity contribution in [3.63, 3.8) is 0 Å². The number of hydrogen-bond donors (Lipinski definition) is 0. The summed E-state index contributed by atoms with van der Waals surface area (Å²) in [5, 5.41) is 1.04. The molecule has 2 nitrogen and oxygen atoms in total. The first-order valence-electron chi connectivity index (χ1n) is 3.10. The van der Waals surface area contributed by atoms with Gasteiger partial charge in [0, 0.05) is 11.3 Å². The molecule has 0 saturated carbocycles. The molecule has 1 aromatic heterocycles. The first-order chi connectivity index (χ1) is 4.74. The van der Waals surface area contributed by atoms with E-state index in [-0.39, 0.29) is 0 Å². The lowest BCUT2D eigenvalue weighted by Gasteiger charge is -1.85. The number of rotatable bonds is 2. The zero-order valence-electron chi connectivity index (χ0n) is 6.05. The van der Waals surface area contributed by atoms with E-state index in [2.05, 4.69) is 4.98 Å². The van der Waals surface area contributed by atoms with Gasteiger partial charge < -0.3 is 4.79 Å². The summed E-state index contributed by atoms with van der Waals surface area (Å²) >= 11 is 1.60. The van der Waals surface area contributed by atoms with E-state index in [1.807, 2.05) is 13.8 Å². The SMILES string of the molecule is Cc1nc(C)c(CC=O)s1. The average molecular weight is 155 g/mol. The van der Waals surface area contributed by atoms with Crippen molar-refractivity contribution in [2.45, 2.75) is 20.3 Å². The summed E-state index contributed by atoms with van der Waals surface area (Å²) in [5.41, 5.74) is 0.995. The van der Waals surface area contributed by atoms with Gasteiger partial charge >= 0.3 is 0 Å². The number of nitrogens with zero attached hydrogens (tertiary/aromatic N) is 1. The van der Waals surface area contributed by atoms with E-state index in [9.17, 15) is 4.79 Å². The van der Waals surface area contributed by atoms with Crippen molar-refractivity contribution in [2.75, 3.05) is 0 Å². The number of aromatic nitrogens is 1. The van der Waals surface area contributed by atoms with Crippen LogP contribution in [0.25, 0.3) is 0 Å². The second kappa shape index (κ2) is 2.92. The van der Waals surface area contributed by atoms with Gasteiger partial charge in [-0.2, -0.15) is 0 Å². The Balaban J connectivity index is 2.91. The summed E-state index contributed by atoms with van der Waals surface area (Å²) in [6, 6.07) is 0. The Labute approximate surface area is 63.9 Å². The first kappa shape index (κ1) is 7.41. The van der Waals surface area contributed by atoms with Gasteiger partial charge in [0.05, 0.1) is 10.7 Å². The predicted octanol–water partition coefficient (Wildman–Crippen LogP) is 1.50. The van der Waals surface area contributed by atoms with Crippen molar-refractivity contribution in [3.05, 3.63) is 15.6 Å². The number of hydrogen-bond acceptors (Lipinski definition) is 3. The van der Waals surface area contributed by atoms with E-state index in [4.69, 9.17) is 0 Å². The van der Waals surface area contributed by atoms with Crippen LogP contribution in [0.2, 0.25) is 0 Å². The number of carbonyl (C=O) groups excluding carboxylic acids is 1. The summed E-state index contributed by atoms with van der Waals surface area (Å²) in [6.07, 6.45) is 1.43. The van der Waals surface area contributed by atoms with E-state index < -0.39 is 0 Å². The second-order valence-corrected chi connectivity index (χ2v) is 3.40. The fraction of sp³-hybridized carbons (Fsp3) is 0.429. The third-order valence-electron chi connectivity index (χ3n) is 1.27. The maximum atomic E-state index is 10.1. The zero-order valence-corrected chi connectivity index (χ0v) is 6.86. The monoisotopic (exact) mass is 155 g/mol. The molecule has 0 bridgehead atoms. The number of aldehydes is 1. The molecular formula is C7H9NOS. The molecule has 3 heteroatoms. The summed E-state index contributed by atoms with van der Waals surface area (Å²) in [5.74, 6) is 0. The van der Waals surface area contributed by atoms with Crippen LogP contribution >= 0.6 is 11.3 Å². The Bertz CT molecular complexity index is 242. The van der Waals surface area contributed by atoms with Gasteiger partial charge in [-0.1, -0.05) is 0 Å². The fourth-order valence-corrected chi connectivity index (χ4v) is 1.72. The van der Waals surface area contributed by atoms with E-state index in [0.29, 0.717) is 6.42 Å². The van der Waals surface area contributed by atoms with Crippen LogP contribution < -0.4 is 0 Å².